The Morgan fingerprint density at radius 1 is 1.41 bits per heavy atom. The standard InChI is InChI=1S/C20H23N3O3S/c1-20(2,3)27-19(25)16-17-15-6-5-9-22(15)18(24)13-10-12(26-4)7-8-14(13)23(17)11-21-16/h7-8,10-11,15H,5-6,9H2,1-4H3/t15-/m0/s1/i4D3. The zero-order valence-electron chi connectivity index (χ0n) is 18.5. The number of imidazole rings is 1. The second-order valence-electron chi connectivity index (χ2n) is 7.79. The number of methoxy groups -OCH3 is 1. The number of hydrogen-bond donors (Lipinski definition) is 0. The van der Waals surface area contributed by atoms with Gasteiger partial charge in [0.2, 0.25) is 5.12 Å². The Hall–Kier alpha value is -2.28. The topological polar surface area (TPSA) is 64.4 Å². The summed E-state index contributed by atoms with van der Waals surface area (Å²) < 4.78 is 28.5. The first-order valence-electron chi connectivity index (χ1n) is 10.4. The summed E-state index contributed by atoms with van der Waals surface area (Å²) in [7, 11) is -2.61. The van der Waals surface area contributed by atoms with Crippen LogP contribution in [0, 0.1) is 0 Å². The van der Waals surface area contributed by atoms with Gasteiger partial charge >= 0.3 is 0 Å². The van der Waals surface area contributed by atoms with Crippen molar-refractivity contribution in [1.29, 1.82) is 0 Å². The molecule has 1 aromatic heterocycles. The van der Waals surface area contributed by atoms with Crippen LogP contribution in [0.25, 0.3) is 5.69 Å². The zero-order valence-corrected chi connectivity index (χ0v) is 16.3. The number of aromatic nitrogens is 2. The van der Waals surface area contributed by atoms with Crippen molar-refractivity contribution < 1.29 is 18.4 Å². The van der Waals surface area contributed by atoms with Gasteiger partial charge in [0.25, 0.3) is 5.91 Å². The van der Waals surface area contributed by atoms with Gasteiger partial charge < -0.3 is 9.64 Å². The molecule has 0 saturated carbocycles. The number of rotatable bonds is 2. The minimum Gasteiger partial charge on any atom is -0.497 e. The molecule has 0 aliphatic carbocycles. The van der Waals surface area contributed by atoms with Crippen molar-refractivity contribution in [3.63, 3.8) is 0 Å². The molecular formula is C20H23N3O3S. The molecule has 7 heteroatoms. The van der Waals surface area contributed by atoms with Gasteiger partial charge in [-0.1, -0.05) is 32.5 Å². The molecule has 27 heavy (non-hydrogen) atoms. The summed E-state index contributed by atoms with van der Waals surface area (Å²) in [5, 5.41) is -0.124. The van der Waals surface area contributed by atoms with Crippen LogP contribution in [-0.2, 0) is 0 Å². The molecule has 0 radical (unpaired) electrons. The van der Waals surface area contributed by atoms with E-state index in [1.165, 1.54) is 23.9 Å². The monoisotopic (exact) mass is 388 g/mol. The van der Waals surface area contributed by atoms with Gasteiger partial charge in [0, 0.05) is 11.3 Å². The summed E-state index contributed by atoms with van der Waals surface area (Å²) in [4.78, 5) is 32.5. The molecule has 0 bridgehead atoms. The molecule has 142 valence electrons. The number of nitrogens with zero attached hydrogens (tertiary/aromatic N) is 3. The van der Waals surface area contributed by atoms with Crippen LogP contribution in [0.1, 0.15) is 70.3 Å². The van der Waals surface area contributed by atoms with Gasteiger partial charge in [0.1, 0.15) is 17.8 Å². The van der Waals surface area contributed by atoms with Crippen molar-refractivity contribution in [1.82, 2.24) is 14.5 Å². The van der Waals surface area contributed by atoms with Crippen molar-refractivity contribution in [2.75, 3.05) is 13.6 Å². The molecule has 0 unspecified atom stereocenters. The Labute approximate surface area is 167 Å². The first-order valence-corrected chi connectivity index (χ1v) is 9.71. The van der Waals surface area contributed by atoms with Gasteiger partial charge in [-0.05, 0) is 31.0 Å². The van der Waals surface area contributed by atoms with Gasteiger partial charge in [-0.2, -0.15) is 0 Å². The van der Waals surface area contributed by atoms with Crippen LogP contribution in [0.15, 0.2) is 24.5 Å². The van der Waals surface area contributed by atoms with Crippen molar-refractivity contribution in [3.05, 3.63) is 41.5 Å². The predicted octanol–water partition coefficient (Wildman–Crippen LogP) is 3.84. The fourth-order valence-corrected chi connectivity index (χ4v) is 4.57. The lowest BCUT2D eigenvalue weighted by Gasteiger charge is -2.23. The molecule has 1 fully saturated rings. The molecule has 0 spiro atoms. The number of amides is 1. The van der Waals surface area contributed by atoms with E-state index in [1.54, 1.807) is 21.9 Å². The number of thioether (sulfide) groups is 1. The van der Waals surface area contributed by atoms with Crippen molar-refractivity contribution >= 4 is 22.8 Å². The lowest BCUT2D eigenvalue weighted by molar-refractivity contribution is 0.0736. The highest BCUT2D eigenvalue weighted by Gasteiger charge is 2.40. The van der Waals surface area contributed by atoms with E-state index in [0.29, 0.717) is 29.2 Å². The molecule has 6 nitrogen and oxygen atoms in total. The Bertz CT molecular complexity index is 1030. The van der Waals surface area contributed by atoms with Crippen LogP contribution < -0.4 is 4.74 Å². The van der Waals surface area contributed by atoms with Gasteiger partial charge in [0.15, 0.2) is 0 Å². The Morgan fingerprint density at radius 2 is 2.22 bits per heavy atom. The van der Waals surface area contributed by atoms with E-state index in [9.17, 15) is 9.59 Å². The van der Waals surface area contributed by atoms with Crippen molar-refractivity contribution in [2.24, 2.45) is 0 Å². The summed E-state index contributed by atoms with van der Waals surface area (Å²) in [6.07, 6.45) is 3.14. The number of carbonyl (C=O) groups is 2. The quantitative estimate of drug-likeness (QED) is 0.782. The Balaban J connectivity index is 1.85. The molecule has 1 aromatic carbocycles. The highest BCUT2D eigenvalue weighted by molar-refractivity contribution is 8.15. The average Bonchev–Trinajstić information content (AvgIpc) is 3.22. The minimum atomic E-state index is -2.61. The summed E-state index contributed by atoms with van der Waals surface area (Å²) in [6.45, 7) is 6.48. The Morgan fingerprint density at radius 3 is 2.96 bits per heavy atom. The van der Waals surface area contributed by atoms with E-state index < -0.39 is 7.04 Å². The molecular weight excluding hydrogens is 362 g/mol. The van der Waals surface area contributed by atoms with E-state index >= 15 is 0 Å². The zero-order chi connectivity index (χ0) is 21.8. The largest absolute Gasteiger partial charge is 0.497 e. The SMILES string of the molecule is [2H]C([2H])([2H])Oc1ccc2c(c1)C(=O)N1CCC[C@H]1c1c(C(=O)SC(C)(C)C)ncn1-2. The van der Waals surface area contributed by atoms with E-state index in [4.69, 9.17) is 8.85 Å². The second kappa shape index (κ2) is 6.41. The highest BCUT2D eigenvalue weighted by Crippen LogP contribution is 2.41. The maximum absolute atomic E-state index is 13.3. The van der Waals surface area contributed by atoms with E-state index in [2.05, 4.69) is 4.98 Å². The molecule has 2 aliphatic rings. The lowest BCUT2D eigenvalue weighted by atomic mass is 10.1. The van der Waals surface area contributed by atoms with Crippen LogP contribution in [-0.4, -0.2) is 43.8 Å². The van der Waals surface area contributed by atoms with Gasteiger partial charge in [-0.25, -0.2) is 4.98 Å². The van der Waals surface area contributed by atoms with Crippen LogP contribution >= 0.6 is 11.8 Å². The molecule has 2 aromatic rings. The third-order valence-corrected chi connectivity index (χ3v) is 5.79. The first kappa shape index (κ1) is 14.7. The fraction of sp³-hybridized carbons (Fsp3) is 0.450. The maximum atomic E-state index is 13.3. The molecule has 1 saturated heterocycles. The fourth-order valence-electron chi connectivity index (χ4n) is 3.76. The number of ether oxygens (including phenoxy) is 1. The summed E-state index contributed by atoms with van der Waals surface area (Å²) in [5.41, 5.74) is 1.98. The molecule has 4 rings (SSSR count). The van der Waals surface area contributed by atoms with E-state index in [0.717, 1.165) is 12.8 Å². The minimum absolute atomic E-state index is 0.0981. The van der Waals surface area contributed by atoms with E-state index in [-0.39, 0.29) is 27.6 Å². The number of benzene rings is 1. The highest BCUT2D eigenvalue weighted by atomic mass is 32.2. The Kier molecular flexibility index (Phi) is 3.50. The predicted molar refractivity (Wildman–Crippen MR) is 105 cm³/mol. The van der Waals surface area contributed by atoms with E-state index in [1.807, 2.05) is 20.8 Å². The third-order valence-electron chi connectivity index (χ3n) is 4.80. The van der Waals surface area contributed by atoms with Gasteiger partial charge in [0.05, 0.1) is 34.1 Å². The summed E-state index contributed by atoms with van der Waals surface area (Å²) in [6, 6.07) is 4.37. The van der Waals surface area contributed by atoms with Gasteiger partial charge in [-0.3, -0.25) is 14.2 Å². The van der Waals surface area contributed by atoms with Crippen LogP contribution in [0.3, 0.4) is 0 Å². The van der Waals surface area contributed by atoms with Gasteiger partial charge in [-0.15, -0.1) is 0 Å². The van der Waals surface area contributed by atoms with Crippen molar-refractivity contribution in [2.45, 2.75) is 44.4 Å². The molecule has 1 amide bonds. The molecule has 0 N–H and O–H groups in total. The van der Waals surface area contributed by atoms with Crippen molar-refractivity contribution in [3.8, 4) is 11.4 Å². The summed E-state index contributed by atoms with van der Waals surface area (Å²) in [5.74, 6) is -0.102. The molecule has 2 aliphatic heterocycles. The average molecular weight is 389 g/mol. The molecule has 1 atom stereocenters. The smallest absolute Gasteiger partial charge is 0.256 e. The lowest BCUT2D eigenvalue weighted by Crippen LogP contribution is -2.30. The second-order valence-corrected chi connectivity index (χ2v) is 9.59. The summed E-state index contributed by atoms with van der Waals surface area (Å²) >= 11 is 1.22. The maximum Gasteiger partial charge on any atom is 0.256 e. The number of hydrogen-bond acceptors (Lipinski definition) is 5. The number of fused-ring (bicyclic) bond motifs is 5. The third kappa shape index (κ3) is 3.04. The van der Waals surface area contributed by atoms with Crippen LogP contribution in [0.2, 0.25) is 0 Å². The molecule has 3 heterocycles. The first-order chi connectivity index (χ1) is 13.9. The number of carbonyl (C=O) groups excluding carboxylic acids is 2. The normalized spacial score (nSPS) is 20.7. The van der Waals surface area contributed by atoms with Crippen LogP contribution in [0.5, 0.6) is 5.75 Å². The van der Waals surface area contributed by atoms with Crippen LogP contribution in [0.4, 0.5) is 0 Å².